The summed E-state index contributed by atoms with van der Waals surface area (Å²) in [6, 6.07) is 8.13. The van der Waals surface area contributed by atoms with Crippen LogP contribution in [0.1, 0.15) is 44.2 Å². The molecule has 0 saturated heterocycles. The Morgan fingerprint density at radius 3 is 2.58 bits per heavy atom. The maximum atomic E-state index is 12.1. The van der Waals surface area contributed by atoms with Crippen LogP contribution >= 0.6 is 0 Å². The highest BCUT2D eigenvalue weighted by Crippen LogP contribution is 2.53. The Kier molecular flexibility index (Phi) is 2.60. The van der Waals surface area contributed by atoms with Crippen LogP contribution in [0.3, 0.4) is 0 Å². The van der Waals surface area contributed by atoms with Gasteiger partial charge in [0.15, 0.2) is 0 Å². The number of hydrogen-bond acceptors (Lipinski definition) is 1. The van der Waals surface area contributed by atoms with Gasteiger partial charge < -0.3 is 5.11 Å². The minimum atomic E-state index is -0.707. The van der Waals surface area contributed by atoms with Crippen molar-refractivity contribution in [1.82, 2.24) is 0 Å². The minimum Gasteiger partial charge on any atom is -0.481 e. The molecule has 100 valence electrons. The Hall–Kier alpha value is -1.57. The lowest BCUT2D eigenvalue weighted by Gasteiger charge is -2.49. The number of hydrogen-bond donors (Lipinski definition) is 1. The summed E-state index contributed by atoms with van der Waals surface area (Å²) in [5.41, 5.74) is 1.60. The van der Waals surface area contributed by atoms with Crippen molar-refractivity contribution in [2.24, 2.45) is 5.92 Å². The standard InChI is InChI=1S/C17H20O2/c1-16(2)11-12-7-5-6-10-17(12,15(18)19)14-9-4-3-8-13(14)16/h3-6,8-9,12H,7,10-11H2,1-2H3,(H,18,19). The number of aliphatic carboxylic acids is 1. The number of benzene rings is 1. The molecule has 0 aliphatic heterocycles. The summed E-state index contributed by atoms with van der Waals surface area (Å²) < 4.78 is 0. The van der Waals surface area contributed by atoms with E-state index in [0.29, 0.717) is 6.42 Å². The summed E-state index contributed by atoms with van der Waals surface area (Å²) >= 11 is 0. The van der Waals surface area contributed by atoms with E-state index >= 15 is 0 Å². The van der Waals surface area contributed by atoms with E-state index in [2.05, 4.69) is 26.0 Å². The summed E-state index contributed by atoms with van der Waals surface area (Å²) in [5, 5.41) is 9.91. The van der Waals surface area contributed by atoms with E-state index in [1.807, 2.05) is 24.3 Å². The van der Waals surface area contributed by atoms with Crippen LogP contribution < -0.4 is 0 Å². The molecule has 0 radical (unpaired) electrons. The van der Waals surface area contributed by atoms with Crippen LogP contribution in [0.25, 0.3) is 0 Å². The van der Waals surface area contributed by atoms with Gasteiger partial charge in [-0.25, -0.2) is 0 Å². The van der Waals surface area contributed by atoms with Crippen molar-refractivity contribution in [2.45, 2.75) is 43.9 Å². The van der Waals surface area contributed by atoms with Crippen LogP contribution in [0.5, 0.6) is 0 Å². The lowest BCUT2D eigenvalue weighted by atomic mass is 9.53. The molecule has 2 heteroatoms. The Labute approximate surface area is 114 Å². The Bertz CT molecular complexity index is 556. The second-order valence-corrected chi connectivity index (χ2v) is 6.52. The zero-order valence-corrected chi connectivity index (χ0v) is 11.5. The quantitative estimate of drug-likeness (QED) is 0.779. The molecule has 1 aromatic carbocycles. The van der Waals surface area contributed by atoms with Gasteiger partial charge in [0, 0.05) is 0 Å². The molecule has 2 aliphatic rings. The zero-order valence-electron chi connectivity index (χ0n) is 11.5. The molecule has 2 aliphatic carbocycles. The fourth-order valence-corrected chi connectivity index (χ4v) is 4.05. The zero-order chi connectivity index (χ0) is 13.7. The molecule has 2 nitrogen and oxygen atoms in total. The molecule has 0 fully saturated rings. The van der Waals surface area contributed by atoms with Gasteiger partial charge in [0.05, 0.1) is 5.41 Å². The first-order valence-corrected chi connectivity index (χ1v) is 6.97. The Balaban J connectivity index is 2.29. The van der Waals surface area contributed by atoms with Crippen molar-refractivity contribution in [1.29, 1.82) is 0 Å². The highest BCUT2D eigenvalue weighted by atomic mass is 16.4. The molecule has 1 aromatic rings. The fourth-order valence-electron chi connectivity index (χ4n) is 4.05. The molecule has 0 aromatic heterocycles. The highest BCUT2D eigenvalue weighted by molar-refractivity contribution is 5.84. The molecular weight excluding hydrogens is 236 g/mol. The number of rotatable bonds is 1. The van der Waals surface area contributed by atoms with Crippen LogP contribution in [-0.4, -0.2) is 11.1 Å². The molecule has 2 atom stereocenters. The van der Waals surface area contributed by atoms with Gasteiger partial charge in [-0.05, 0) is 41.7 Å². The van der Waals surface area contributed by atoms with Gasteiger partial charge in [0.25, 0.3) is 0 Å². The van der Waals surface area contributed by atoms with E-state index in [1.54, 1.807) is 0 Å². The SMILES string of the molecule is CC1(C)CC2CC=CCC2(C(=O)O)c2ccccc21. The van der Waals surface area contributed by atoms with Gasteiger partial charge in [-0.2, -0.15) is 0 Å². The van der Waals surface area contributed by atoms with Crippen LogP contribution in [0, 0.1) is 5.92 Å². The minimum absolute atomic E-state index is 0.0609. The van der Waals surface area contributed by atoms with E-state index in [4.69, 9.17) is 0 Å². The van der Waals surface area contributed by atoms with E-state index in [0.717, 1.165) is 18.4 Å². The molecule has 2 unspecified atom stereocenters. The van der Waals surface area contributed by atoms with Crippen LogP contribution in [0.15, 0.2) is 36.4 Å². The van der Waals surface area contributed by atoms with Crippen LogP contribution in [0.2, 0.25) is 0 Å². The maximum Gasteiger partial charge on any atom is 0.314 e. The first-order valence-electron chi connectivity index (χ1n) is 6.97. The second kappa shape index (κ2) is 3.96. The first kappa shape index (κ1) is 12.5. The molecule has 0 spiro atoms. The lowest BCUT2D eigenvalue weighted by Crippen LogP contribution is -2.50. The third-order valence-corrected chi connectivity index (χ3v) is 5.00. The van der Waals surface area contributed by atoms with Crippen molar-refractivity contribution in [3.63, 3.8) is 0 Å². The summed E-state index contributed by atoms with van der Waals surface area (Å²) in [5.74, 6) is -0.454. The molecular formula is C17H20O2. The summed E-state index contributed by atoms with van der Waals surface area (Å²) in [4.78, 5) is 12.1. The maximum absolute atomic E-state index is 12.1. The van der Waals surface area contributed by atoms with E-state index in [9.17, 15) is 9.90 Å². The number of allylic oxidation sites excluding steroid dienone is 2. The summed E-state index contributed by atoms with van der Waals surface area (Å²) in [6.07, 6.45) is 6.64. The second-order valence-electron chi connectivity index (χ2n) is 6.52. The number of carboxylic acid groups (broad SMARTS) is 1. The number of carboxylic acids is 1. The molecule has 1 N–H and O–H groups in total. The highest BCUT2D eigenvalue weighted by Gasteiger charge is 2.54. The van der Waals surface area contributed by atoms with Crippen molar-refractivity contribution in [3.8, 4) is 0 Å². The average molecular weight is 256 g/mol. The van der Waals surface area contributed by atoms with Crippen molar-refractivity contribution in [2.75, 3.05) is 0 Å². The van der Waals surface area contributed by atoms with Crippen molar-refractivity contribution >= 4 is 5.97 Å². The normalized spacial score (nSPS) is 31.4. The van der Waals surface area contributed by atoms with Crippen molar-refractivity contribution in [3.05, 3.63) is 47.5 Å². The predicted octanol–water partition coefficient (Wildman–Crippen LogP) is 3.66. The lowest BCUT2D eigenvalue weighted by molar-refractivity contribution is -0.147. The Morgan fingerprint density at radius 1 is 1.21 bits per heavy atom. The monoisotopic (exact) mass is 256 g/mol. The number of carbonyl (C=O) groups is 1. The first-order chi connectivity index (χ1) is 8.98. The molecule has 0 heterocycles. The molecule has 0 saturated carbocycles. The Morgan fingerprint density at radius 2 is 1.89 bits per heavy atom. The van der Waals surface area contributed by atoms with E-state index < -0.39 is 11.4 Å². The number of fused-ring (bicyclic) bond motifs is 3. The van der Waals surface area contributed by atoms with Crippen molar-refractivity contribution < 1.29 is 9.90 Å². The van der Waals surface area contributed by atoms with E-state index in [1.165, 1.54) is 5.56 Å². The van der Waals surface area contributed by atoms with Gasteiger partial charge in [-0.15, -0.1) is 0 Å². The van der Waals surface area contributed by atoms with Gasteiger partial charge in [0.1, 0.15) is 0 Å². The van der Waals surface area contributed by atoms with Gasteiger partial charge in [0.2, 0.25) is 0 Å². The third-order valence-electron chi connectivity index (χ3n) is 5.00. The van der Waals surface area contributed by atoms with Crippen LogP contribution in [0.4, 0.5) is 0 Å². The molecule has 0 amide bonds. The predicted molar refractivity (Wildman–Crippen MR) is 75.3 cm³/mol. The smallest absolute Gasteiger partial charge is 0.314 e. The van der Waals surface area contributed by atoms with Gasteiger partial charge in [-0.3, -0.25) is 4.79 Å². The summed E-state index contributed by atoms with van der Waals surface area (Å²) in [7, 11) is 0. The third kappa shape index (κ3) is 1.59. The fraction of sp³-hybridized carbons (Fsp3) is 0.471. The van der Waals surface area contributed by atoms with Gasteiger partial charge >= 0.3 is 5.97 Å². The molecule has 19 heavy (non-hydrogen) atoms. The van der Waals surface area contributed by atoms with Gasteiger partial charge in [-0.1, -0.05) is 50.3 Å². The summed E-state index contributed by atoms with van der Waals surface area (Å²) in [6.45, 7) is 4.46. The molecule has 3 rings (SSSR count). The van der Waals surface area contributed by atoms with E-state index in [-0.39, 0.29) is 11.3 Å². The topological polar surface area (TPSA) is 37.3 Å². The average Bonchev–Trinajstić information content (AvgIpc) is 2.38. The largest absolute Gasteiger partial charge is 0.481 e. The van der Waals surface area contributed by atoms with Crippen LogP contribution in [-0.2, 0) is 15.6 Å². The molecule has 0 bridgehead atoms.